The lowest BCUT2D eigenvalue weighted by atomic mass is 10.0. The zero-order valence-electron chi connectivity index (χ0n) is 29.9. The van der Waals surface area contributed by atoms with Crippen molar-refractivity contribution in [2.75, 3.05) is 6.54 Å². The fourth-order valence-corrected chi connectivity index (χ4v) is 5.61. The maximum absolute atomic E-state index is 12.7. The highest BCUT2D eigenvalue weighted by atomic mass is 16.5. The molecule has 0 radical (unpaired) electrons. The van der Waals surface area contributed by atoms with Crippen LogP contribution >= 0.6 is 0 Å². The van der Waals surface area contributed by atoms with Crippen molar-refractivity contribution in [3.63, 3.8) is 0 Å². The molecule has 0 saturated heterocycles. The number of carboxylic acid groups (broad SMARTS) is 1. The quantitative estimate of drug-likeness (QED) is 0.0363. The topological polar surface area (TPSA) is 119 Å². The van der Waals surface area contributed by atoms with Crippen molar-refractivity contribution >= 4 is 17.8 Å². The molecule has 0 aliphatic heterocycles. The van der Waals surface area contributed by atoms with Crippen molar-refractivity contribution in [1.82, 2.24) is 5.32 Å². The highest BCUT2D eigenvalue weighted by Gasteiger charge is 2.19. The molecule has 7 nitrogen and oxygen atoms in total. The highest BCUT2D eigenvalue weighted by Crippen LogP contribution is 2.18. The molecule has 0 aromatic carbocycles. The lowest BCUT2D eigenvalue weighted by molar-refractivity contribution is -0.150. The van der Waals surface area contributed by atoms with Gasteiger partial charge < -0.3 is 20.9 Å². The monoisotopic (exact) mass is 649 g/mol. The lowest BCUT2D eigenvalue weighted by Gasteiger charge is -2.18. The van der Waals surface area contributed by atoms with E-state index in [1.165, 1.54) is 70.6 Å². The number of allylic oxidation sites excluding steroid dienone is 4. The number of aliphatic carboxylic acids is 1. The summed E-state index contributed by atoms with van der Waals surface area (Å²) in [6.07, 6.45) is 36.5. The average molecular weight is 649 g/mol. The van der Waals surface area contributed by atoms with E-state index < -0.39 is 12.0 Å². The van der Waals surface area contributed by atoms with Gasteiger partial charge in [0, 0.05) is 12.8 Å². The van der Waals surface area contributed by atoms with Crippen molar-refractivity contribution in [3.05, 3.63) is 24.3 Å². The van der Waals surface area contributed by atoms with E-state index >= 15 is 0 Å². The Bertz CT molecular complexity index is 782. The number of nitrogens with one attached hydrogen (secondary N) is 1. The van der Waals surface area contributed by atoms with E-state index in [1.54, 1.807) is 0 Å². The van der Waals surface area contributed by atoms with Crippen molar-refractivity contribution in [2.45, 2.75) is 199 Å². The third-order valence-corrected chi connectivity index (χ3v) is 8.50. The van der Waals surface area contributed by atoms with Crippen LogP contribution in [0.4, 0.5) is 0 Å². The number of esters is 1. The largest absolute Gasteiger partial charge is 0.480 e. The SMILES string of the molecule is CCC/C=C\C/C=C\CCCCCCCC(=O)OC(CCCCCCCCC)CCCCCCCC(=O)NC(CCCN)C(=O)O. The molecule has 268 valence electrons. The number of hydrogen-bond donors (Lipinski definition) is 3. The molecule has 46 heavy (non-hydrogen) atoms. The van der Waals surface area contributed by atoms with Crippen LogP contribution < -0.4 is 11.1 Å². The Morgan fingerprint density at radius 3 is 1.76 bits per heavy atom. The molecule has 4 N–H and O–H groups in total. The number of carbonyl (C=O) groups is 3. The van der Waals surface area contributed by atoms with Crippen LogP contribution in [0, 0.1) is 0 Å². The predicted octanol–water partition coefficient (Wildman–Crippen LogP) is 10.1. The van der Waals surface area contributed by atoms with E-state index in [0.29, 0.717) is 32.2 Å². The number of nitrogens with two attached hydrogens (primary N) is 1. The molecular weight excluding hydrogens is 576 g/mol. The van der Waals surface area contributed by atoms with E-state index in [-0.39, 0.29) is 18.0 Å². The van der Waals surface area contributed by atoms with Crippen LogP contribution in [0.3, 0.4) is 0 Å². The smallest absolute Gasteiger partial charge is 0.326 e. The maximum Gasteiger partial charge on any atom is 0.326 e. The van der Waals surface area contributed by atoms with Gasteiger partial charge in [-0.25, -0.2) is 4.79 Å². The van der Waals surface area contributed by atoms with Gasteiger partial charge in [0.05, 0.1) is 0 Å². The van der Waals surface area contributed by atoms with Crippen LogP contribution in [0.5, 0.6) is 0 Å². The fraction of sp³-hybridized carbons (Fsp3) is 0.821. The predicted molar refractivity (Wildman–Crippen MR) is 193 cm³/mol. The van der Waals surface area contributed by atoms with E-state index in [9.17, 15) is 19.5 Å². The first-order chi connectivity index (χ1) is 22.4. The molecule has 0 fully saturated rings. The molecule has 0 saturated carbocycles. The second kappa shape index (κ2) is 34.2. The standard InChI is InChI=1S/C39H72N2O5/c1-3-5-7-9-11-12-13-14-15-16-18-23-27-33-38(43)46-35(29-24-20-17-10-8-6-4-2)30-25-21-19-22-26-32-37(42)41-36(39(44)45)31-28-34-40/h7,9,12-13,35-36H,3-6,8,10-11,14-34,40H2,1-2H3,(H,41,42)(H,44,45)/b9-7-,13-12-. The van der Waals surface area contributed by atoms with E-state index in [4.69, 9.17) is 10.5 Å². The number of unbranched alkanes of at least 4 members (excludes halogenated alkanes) is 16. The molecule has 7 heteroatoms. The van der Waals surface area contributed by atoms with Crippen LogP contribution in [-0.2, 0) is 19.1 Å². The first-order valence-electron chi connectivity index (χ1n) is 19.2. The average Bonchev–Trinajstić information content (AvgIpc) is 3.03. The zero-order chi connectivity index (χ0) is 33.9. The van der Waals surface area contributed by atoms with E-state index in [2.05, 4.69) is 43.5 Å². The molecule has 0 aromatic heterocycles. The summed E-state index contributed by atoms with van der Waals surface area (Å²) >= 11 is 0. The van der Waals surface area contributed by atoms with Gasteiger partial charge in [-0.15, -0.1) is 0 Å². The van der Waals surface area contributed by atoms with Gasteiger partial charge in [0.1, 0.15) is 12.1 Å². The first-order valence-corrected chi connectivity index (χ1v) is 19.2. The summed E-state index contributed by atoms with van der Waals surface area (Å²) < 4.78 is 5.98. The molecule has 0 rings (SSSR count). The minimum Gasteiger partial charge on any atom is -0.480 e. The number of rotatable bonds is 34. The van der Waals surface area contributed by atoms with Crippen LogP contribution in [-0.4, -0.2) is 41.6 Å². The number of carbonyl (C=O) groups excluding carboxylic acids is 2. The third-order valence-electron chi connectivity index (χ3n) is 8.50. The minimum absolute atomic E-state index is 0.0130. The Kier molecular flexibility index (Phi) is 32.6. The zero-order valence-corrected chi connectivity index (χ0v) is 29.9. The summed E-state index contributed by atoms with van der Waals surface area (Å²) in [5.41, 5.74) is 5.46. The van der Waals surface area contributed by atoms with E-state index in [1.807, 2.05) is 0 Å². The Balaban J connectivity index is 4.24. The summed E-state index contributed by atoms with van der Waals surface area (Å²) in [6.45, 7) is 4.86. The van der Waals surface area contributed by atoms with Crippen molar-refractivity contribution in [3.8, 4) is 0 Å². The number of hydrogen-bond acceptors (Lipinski definition) is 5. The summed E-state index contributed by atoms with van der Waals surface area (Å²) in [5.74, 6) is -1.25. The van der Waals surface area contributed by atoms with Crippen molar-refractivity contribution < 1.29 is 24.2 Å². The summed E-state index contributed by atoms with van der Waals surface area (Å²) in [5, 5.41) is 11.9. The molecule has 1 amide bonds. The van der Waals surface area contributed by atoms with Gasteiger partial charge in [-0.1, -0.05) is 122 Å². The van der Waals surface area contributed by atoms with E-state index in [0.717, 1.165) is 77.0 Å². The summed E-state index contributed by atoms with van der Waals surface area (Å²) in [4.78, 5) is 36.1. The van der Waals surface area contributed by atoms with Crippen LogP contribution in [0.15, 0.2) is 24.3 Å². The lowest BCUT2D eigenvalue weighted by Crippen LogP contribution is -2.40. The van der Waals surface area contributed by atoms with Crippen molar-refractivity contribution in [2.24, 2.45) is 5.73 Å². The van der Waals surface area contributed by atoms with Gasteiger partial charge >= 0.3 is 11.9 Å². The Labute approximate surface area is 283 Å². The Morgan fingerprint density at radius 1 is 0.630 bits per heavy atom. The van der Waals surface area contributed by atoms with Crippen molar-refractivity contribution in [1.29, 1.82) is 0 Å². The number of amides is 1. The second-order valence-electron chi connectivity index (χ2n) is 13.0. The summed E-state index contributed by atoms with van der Waals surface area (Å²) in [7, 11) is 0. The van der Waals surface area contributed by atoms with Crippen LogP contribution in [0.1, 0.15) is 187 Å². The van der Waals surface area contributed by atoms with Crippen LogP contribution in [0.25, 0.3) is 0 Å². The summed E-state index contributed by atoms with van der Waals surface area (Å²) in [6, 6.07) is -0.854. The molecule has 0 aliphatic carbocycles. The van der Waals surface area contributed by atoms with Gasteiger partial charge in [-0.05, 0) is 83.6 Å². The molecule has 2 atom stereocenters. The van der Waals surface area contributed by atoms with Gasteiger partial charge in [0.25, 0.3) is 0 Å². The maximum atomic E-state index is 12.7. The molecule has 2 unspecified atom stereocenters. The van der Waals surface area contributed by atoms with Gasteiger partial charge in [0.2, 0.25) is 5.91 Å². The molecular formula is C39H72N2O5. The molecule has 0 aliphatic rings. The molecule has 0 aromatic rings. The minimum atomic E-state index is -1.01. The van der Waals surface area contributed by atoms with Gasteiger partial charge in [-0.2, -0.15) is 0 Å². The third kappa shape index (κ3) is 30.5. The molecule has 0 heterocycles. The second-order valence-corrected chi connectivity index (χ2v) is 13.0. The normalized spacial score (nSPS) is 12.9. The van der Waals surface area contributed by atoms with Gasteiger partial charge in [0.15, 0.2) is 0 Å². The highest BCUT2D eigenvalue weighted by molar-refractivity contribution is 5.83. The fourth-order valence-electron chi connectivity index (χ4n) is 5.61. The molecule has 0 spiro atoms. The Morgan fingerprint density at radius 2 is 1.17 bits per heavy atom. The molecule has 0 bridgehead atoms. The van der Waals surface area contributed by atoms with Crippen LogP contribution in [0.2, 0.25) is 0 Å². The number of ether oxygens (including phenoxy) is 1. The number of carboxylic acids is 1. The first kappa shape index (κ1) is 43.9. The van der Waals surface area contributed by atoms with Gasteiger partial charge in [-0.3, -0.25) is 9.59 Å². The Hall–Kier alpha value is -2.15.